The summed E-state index contributed by atoms with van der Waals surface area (Å²) in [5, 5.41) is 2.76. The first-order valence-corrected chi connectivity index (χ1v) is 7.22. The van der Waals surface area contributed by atoms with E-state index < -0.39 is 11.7 Å². The summed E-state index contributed by atoms with van der Waals surface area (Å²) < 4.78 is 13.5. The van der Waals surface area contributed by atoms with Crippen LogP contribution >= 0.6 is 0 Å². The quantitative estimate of drug-likeness (QED) is 0.829. The van der Waals surface area contributed by atoms with E-state index in [9.17, 15) is 9.18 Å². The largest absolute Gasteiger partial charge is 0.399 e. The summed E-state index contributed by atoms with van der Waals surface area (Å²) in [4.78, 5) is 14.3. The molecule has 0 aliphatic carbocycles. The standard InChI is InChI=1S/C15H22FN3O/c16-14-6-5-12(17)11-13(14)15(20)18-7-10-19-8-3-1-2-4-9-19/h5-6,11H,1-4,7-10,17H2,(H,18,20). The van der Waals surface area contributed by atoms with Gasteiger partial charge in [-0.3, -0.25) is 4.79 Å². The normalized spacial score (nSPS) is 16.6. The topological polar surface area (TPSA) is 58.4 Å². The van der Waals surface area contributed by atoms with E-state index in [0.717, 1.165) is 19.6 Å². The molecule has 3 N–H and O–H groups in total. The van der Waals surface area contributed by atoms with Crippen molar-refractivity contribution in [3.8, 4) is 0 Å². The predicted octanol–water partition coefficient (Wildman–Crippen LogP) is 2.01. The number of nitrogens with two attached hydrogens (primary N) is 1. The van der Waals surface area contributed by atoms with E-state index >= 15 is 0 Å². The van der Waals surface area contributed by atoms with Gasteiger partial charge in [0.2, 0.25) is 0 Å². The highest BCUT2D eigenvalue weighted by Crippen LogP contribution is 2.12. The summed E-state index contributed by atoms with van der Waals surface area (Å²) in [5.41, 5.74) is 5.98. The van der Waals surface area contributed by atoms with Gasteiger partial charge in [-0.25, -0.2) is 4.39 Å². The second kappa shape index (κ2) is 7.24. The summed E-state index contributed by atoms with van der Waals surface area (Å²) in [6, 6.07) is 4.04. The number of benzene rings is 1. The van der Waals surface area contributed by atoms with E-state index in [4.69, 9.17) is 5.73 Å². The Balaban J connectivity index is 1.81. The Morgan fingerprint density at radius 3 is 2.65 bits per heavy atom. The lowest BCUT2D eigenvalue weighted by atomic mass is 10.2. The number of hydrogen-bond donors (Lipinski definition) is 2. The lowest BCUT2D eigenvalue weighted by Crippen LogP contribution is -2.35. The molecule has 4 nitrogen and oxygen atoms in total. The lowest BCUT2D eigenvalue weighted by Gasteiger charge is -2.19. The zero-order valence-corrected chi connectivity index (χ0v) is 11.7. The van der Waals surface area contributed by atoms with Crippen LogP contribution in [-0.4, -0.2) is 37.0 Å². The van der Waals surface area contributed by atoms with Crippen molar-refractivity contribution in [2.24, 2.45) is 0 Å². The molecule has 1 aromatic carbocycles. The summed E-state index contributed by atoms with van der Waals surface area (Å²) >= 11 is 0. The molecule has 1 fully saturated rings. The Bertz CT molecular complexity index is 456. The maximum atomic E-state index is 13.5. The number of carbonyl (C=O) groups excluding carboxylic acids is 1. The van der Waals surface area contributed by atoms with E-state index in [0.29, 0.717) is 12.2 Å². The molecule has 5 heteroatoms. The van der Waals surface area contributed by atoms with Crippen molar-refractivity contribution in [1.82, 2.24) is 10.2 Å². The third kappa shape index (κ3) is 4.20. The van der Waals surface area contributed by atoms with Crippen LogP contribution in [-0.2, 0) is 0 Å². The van der Waals surface area contributed by atoms with Gasteiger partial charge in [0.25, 0.3) is 5.91 Å². The molecule has 0 radical (unpaired) electrons. The Labute approximate surface area is 119 Å². The summed E-state index contributed by atoms with van der Waals surface area (Å²) in [7, 11) is 0. The molecule has 0 saturated carbocycles. The first-order chi connectivity index (χ1) is 9.66. The molecule has 1 aliphatic rings. The van der Waals surface area contributed by atoms with Crippen LogP contribution in [0.15, 0.2) is 18.2 Å². The molecule has 1 saturated heterocycles. The van der Waals surface area contributed by atoms with Crippen LogP contribution in [0.4, 0.5) is 10.1 Å². The Morgan fingerprint density at radius 1 is 1.25 bits per heavy atom. The fourth-order valence-corrected chi connectivity index (χ4v) is 2.50. The van der Waals surface area contributed by atoms with Gasteiger partial charge in [-0.2, -0.15) is 0 Å². The highest BCUT2D eigenvalue weighted by atomic mass is 19.1. The third-order valence-electron chi connectivity index (χ3n) is 3.65. The molecule has 1 heterocycles. The minimum atomic E-state index is -0.536. The monoisotopic (exact) mass is 279 g/mol. The van der Waals surface area contributed by atoms with Crippen LogP contribution in [0.2, 0.25) is 0 Å². The van der Waals surface area contributed by atoms with Crippen LogP contribution in [0.1, 0.15) is 36.0 Å². The molecule has 20 heavy (non-hydrogen) atoms. The van der Waals surface area contributed by atoms with Crippen molar-refractivity contribution < 1.29 is 9.18 Å². The zero-order chi connectivity index (χ0) is 14.4. The maximum Gasteiger partial charge on any atom is 0.254 e. The number of nitrogens with zero attached hydrogens (tertiary/aromatic N) is 1. The van der Waals surface area contributed by atoms with Gasteiger partial charge in [-0.15, -0.1) is 0 Å². The number of likely N-dealkylation sites (tertiary alicyclic amines) is 1. The van der Waals surface area contributed by atoms with Gasteiger partial charge < -0.3 is 16.0 Å². The number of nitrogens with one attached hydrogen (secondary N) is 1. The van der Waals surface area contributed by atoms with Gasteiger partial charge in [-0.05, 0) is 44.1 Å². The van der Waals surface area contributed by atoms with Crippen molar-refractivity contribution in [3.63, 3.8) is 0 Å². The number of nitrogen functional groups attached to an aromatic ring is 1. The van der Waals surface area contributed by atoms with Gasteiger partial charge in [0.1, 0.15) is 5.82 Å². The second-order valence-corrected chi connectivity index (χ2v) is 5.25. The number of rotatable bonds is 4. The van der Waals surface area contributed by atoms with Crippen LogP contribution < -0.4 is 11.1 Å². The molecule has 1 aliphatic heterocycles. The van der Waals surface area contributed by atoms with Gasteiger partial charge in [0.05, 0.1) is 5.56 Å². The van der Waals surface area contributed by atoms with Gasteiger partial charge in [-0.1, -0.05) is 12.8 Å². The minimum absolute atomic E-state index is 0.0147. The van der Waals surface area contributed by atoms with E-state index in [1.54, 1.807) is 0 Å². The van der Waals surface area contributed by atoms with E-state index in [-0.39, 0.29) is 5.56 Å². The van der Waals surface area contributed by atoms with Gasteiger partial charge in [0, 0.05) is 18.8 Å². The summed E-state index contributed by atoms with van der Waals surface area (Å²) in [6.45, 7) is 3.52. The molecule has 1 amide bonds. The predicted molar refractivity (Wildman–Crippen MR) is 78.1 cm³/mol. The van der Waals surface area contributed by atoms with Crippen molar-refractivity contribution in [3.05, 3.63) is 29.6 Å². The molecule has 1 aromatic rings. The molecule has 2 rings (SSSR count). The number of carbonyl (C=O) groups is 1. The molecular formula is C15H22FN3O. The van der Waals surface area contributed by atoms with Gasteiger partial charge in [0.15, 0.2) is 0 Å². The van der Waals surface area contributed by atoms with Crippen LogP contribution in [0.5, 0.6) is 0 Å². The van der Waals surface area contributed by atoms with Crippen LogP contribution in [0.25, 0.3) is 0 Å². The SMILES string of the molecule is Nc1ccc(F)c(C(=O)NCCN2CCCCCC2)c1. The third-order valence-corrected chi connectivity index (χ3v) is 3.65. The smallest absolute Gasteiger partial charge is 0.254 e. The molecule has 0 atom stereocenters. The molecule has 0 aromatic heterocycles. The fourth-order valence-electron chi connectivity index (χ4n) is 2.50. The fraction of sp³-hybridized carbons (Fsp3) is 0.533. The van der Waals surface area contributed by atoms with Gasteiger partial charge >= 0.3 is 0 Å². The second-order valence-electron chi connectivity index (χ2n) is 5.25. The highest BCUT2D eigenvalue weighted by molar-refractivity contribution is 5.95. The van der Waals surface area contributed by atoms with Crippen molar-refractivity contribution in [2.75, 3.05) is 31.9 Å². The molecular weight excluding hydrogens is 257 g/mol. The highest BCUT2D eigenvalue weighted by Gasteiger charge is 2.13. The molecule has 0 unspecified atom stereocenters. The zero-order valence-electron chi connectivity index (χ0n) is 11.7. The van der Waals surface area contributed by atoms with Crippen molar-refractivity contribution in [2.45, 2.75) is 25.7 Å². The number of halogens is 1. The molecule has 110 valence electrons. The van der Waals surface area contributed by atoms with E-state index in [1.807, 2.05) is 0 Å². The Morgan fingerprint density at radius 2 is 1.95 bits per heavy atom. The van der Waals surface area contributed by atoms with Crippen molar-refractivity contribution >= 4 is 11.6 Å². The summed E-state index contributed by atoms with van der Waals surface area (Å²) in [5.74, 6) is -0.934. The first-order valence-electron chi connectivity index (χ1n) is 7.22. The lowest BCUT2D eigenvalue weighted by molar-refractivity contribution is 0.0944. The maximum absolute atomic E-state index is 13.5. The van der Waals surface area contributed by atoms with Crippen molar-refractivity contribution in [1.29, 1.82) is 0 Å². The number of anilines is 1. The average molecular weight is 279 g/mol. The number of hydrogen-bond acceptors (Lipinski definition) is 3. The minimum Gasteiger partial charge on any atom is -0.399 e. The molecule has 0 bridgehead atoms. The van der Waals surface area contributed by atoms with Crippen LogP contribution in [0.3, 0.4) is 0 Å². The number of amides is 1. The Kier molecular flexibility index (Phi) is 5.35. The van der Waals surface area contributed by atoms with E-state index in [2.05, 4.69) is 10.2 Å². The molecule has 0 spiro atoms. The van der Waals surface area contributed by atoms with E-state index in [1.165, 1.54) is 43.9 Å². The average Bonchev–Trinajstić information content (AvgIpc) is 2.70. The van der Waals surface area contributed by atoms with Crippen LogP contribution in [0, 0.1) is 5.82 Å². The summed E-state index contributed by atoms with van der Waals surface area (Å²) in [6.07, 6.45) is 5.02. The Hall–Kier alpha value is -1.62. The first kappa shape index (κ1) is 14.8.